The van der Waals surface area contributed by atoms with Gasteiger partial charge in [-0.2, -0.15) is 0 Å². The van der Waals surface area contributed by atoms with Crippen molar-refractivity contribution in [2.24, 2.45) is 0 Å². The number of pyridine rings is 1. The molecule has 2 heterocycles. The number of aromatic nitrogens is 2. The van der Waals surface area contributed by atoms with Gasteiger partial charge in [-0.1, -0.05) is 0 Å². The van der Waals surface area contributed by atoms with Gasteiger partial charge in [-0.25, -0.2) is 0 Å². The SMILES string of the molecule is O=c1[nH]ccc2c1[nH]c1ccc(O)cc12. The smallest absolute Gasteiger partial charge is 0.272 e. The molecule has 0 spiro atoms. The van der Waals surface area contributed by atoms with Crippen LogP contribution in [0.15, 0.2) is 35.3 Å². The predicted molar refractivity (Wildman–Crippen MR) is 58.1 cm³/mol. The van der Waals surface area contributed by atoms with Crippen LogP contribution in [-0.4, -0.2) is 15.1 Å². The minimum atomic E-state index is -0.150. The monoisotopic (exact) mass is 200 g/mol. The highest BCUT2D eigenvalue weighted by molar-refractivity contribution is 6.07. The van der Waals surface area contributed by atoms with Crippen LogP contribution in [0.1, 0.15) is 0 Å². The number of aromatic amines is 2. The van der Waals surface area contributed by atoms with Crippen molar-refractivity contribution in [3.63, 3.8) is 0 Å². The Hall–Kier alpha value is -2.23. The van der Waals surface area contributed by atoms with Gasteiger partial charge in [-0.3, -0.25) is 4.79 Å². The van der Waals surface area contributed by atoms with E-state index in [9.17, 15) is 9.90 Å². The number of fused-ring (bicyclic) bond motifs is 3. The molecule has 0 saturated heterocycles. The Morgan fingerprint density at radius 1 is 1.13 bits per heavy atom. The van der Waals surface area contributed by atoms with Crippen molar-refractivity contribution in [1.82, 2.24) is 9.97 Å². The number of H-pyrrole nitrogens is 2. The molecule has 0 atom stereocenters. The van der Waals surface area contributed by atoms with E-state index in [1.54, 1.807) is 24.4 Å². The van der Waals surface area contributed by atoms with E-state index in [4.69, 9.17) is 0 Å². The van der Waals surface area contributed by atoms with Gasteiger partial charge in [0.05, 0.1) is 0 Å². The van der Waals surface area contributed by atoms with E-state index < -0.39 is 0 Å². The number of nitrogens with one attached hydrogen (secondary N) is 2. The van der Waals surface area contributed by atoms with Crippen molar-refractivity contribution < 1.29 is 5.11 Å². The van der Waals surface area contributed by atoms with Crippen LogP contribution in [0.4, 0.5) is 0 Å². The molecule has 3 aromatic rings. The van der Waals surface area contributed by atoms with Gasteiger partial charge in [0.25, 0.3) is 5.56 Å². The zero-order valence-electron chi connectivity index (χ0n) is 7.74. The molecule has 0 fully saturated rings. The fraction of sp³-hybridized carbons (Fsp3) is 0. The van der Waals surface area contributed by atoms with E-state index in [-0.39, 0.29) is 11.3 Å². The van der Waals surface area contributed by atoms with Crippen molar-refractivity contribution in [2.45, 2.75) is 0 Å². The molecule has 1 aromatic carbocycles. The van der Waals surface area contributed by atoms with Crippen LogP contribution in [0, 0.1) is 0 Å². The van der Waals surface area contributed by atoms with Gasteiger partial charge in [0.1, 0.15) is 11.3 Å². The molecule has 0 saturated carbocycles. The summed E-state index contributed by atoms with van der Waals surface area (Å²) in [6.45, 7) is 0. The molecule has 0 radical (unpaired) electrons. The number of benzene rings is 1. The first-order valence-corrected chi connectivity index (χ1v) is 4.58. The molecule has 3 N–H and O–H groups in total. The fourth-order valence-electron chi connectivity index (χ4n) is 1.83. The van der Waals surface area contributed by atoms with Crippen molar-refractivity contribution in [3.8, 4) is 5.75 Å². The first kappa shape index (κ1) is 8.11. The van der Waals surface area contributed by atoms with Gasteiger partial charge < -0.3 is 15.1 Å². The third-order valence-electron chi connectivity index (χ3n) is 2.51. The second kappa shape index (κ2) is 2.63. The lowest BCUT2D eigenvalue weighted by Gasteiger charge is -1.91. The standard InChI is InChI=1S/C11H8N2O2/c14-6-1-2-9-8(5-6)7-3-4-12-11(15)10(7)13-9/h1-5,13-14H,(H,12,15). The van der Waals surface area contributed by atoms with Crippen molar-refractivity contribution in [1.29, 1.82) is 0 Å². The minimum absolute atomic E-state index is 0.150. The highest BCUT2D eigenvalue weighted by Gasteiger charge is 2.06. The topological polar surface area (TPSA) is 68.9 Å². The lowest BCUT2D eigenvalue weighted by Crippen LogP contribution is -2.03. The molecule has 0 aliphatic heterocycles. The van der Waals surface area contributed by atoms with Crippen LogP contribution < -0.4 is 5.56 Å². The molecule has 0 unspecified atom stereocenters. The maximum Gasteiger partial charge on any atom is 0.272 e. The molecular weight excluding hydrogens is 192 g/mol. The summed E-state index contributed by atoms with van der Waals surface area (Å²) in [5, 5.41) is 11.1. The highest BCUT2D eigenvalue weighted by Crippen LogP contribution is 2.25. The number of hydrogen-bond acceptors (Lipinski definition) is 2. The van der Waals surface area contributed by atoms with E-state index in [0.717, 1.165) is 16.3 Å². The lowest BCUT2D eigenvalue weighted by molar-refractivity contribution is 0.476. The molecule has 15 heavy (non-hydrogen) atoms. The van der Waals surface area contributed by atoms with Crippen LogP contribution in [0.5, 0.6) is 5.75 Å². The first-order valence-electron chi connectivity index (χ1n) is 4.58. The van der Waals surface area contributed by atoms with Gasteiger partial charge in [0, 0.05) is 22.5 Å². The van der Waals surface area contributed by atoms with Gasteiger partial charge in [0.15, 0.2) is 0 Å². The Balaban J connectivity index is 2.64. The number of aromatic hydroxyl groups is 1. The third-order valence-corrected chi connectivity index (χ3v) is 2.51. The normalized spacial score (nSPS) is 11.2. The molecule has 0 aliphatic carbocycles. The Labute approximate surface area is 84.2 Å². The number of hydrogen-bond donors (Lipinski definition) is 3. The lowest BCUT2D eigenvalue weighted by atomic mass is 10.2. The summed E-state index contributed by atoms with van der Waals surface area (Å²) < 4.78 is 0. The Morgan fingerprint density at radius 2 is 2.00 bits per heavy atom. The Bertz CT molecular complexity index is 709. The summed E-state index contributed by atoms with van der Waals surface area (Å²) in [7, 11) is 0. The van der Waals surface area contributed by atoms with Gasteiger partial charge >= 0.3 is 0 Å². The van der Waals surface area contributed by atoms with Crippen molar-refractivity contribution in [2.75, 3.05) is 0 Å². The molecule has 0 amide bonds. The second-order valence-corrected chi connectivity index (χ2v) is 3.45. The largest absolute Gasteiger partial charge is 0.508 e. The van der Waals surface area contributed by atoms with Gasteiger partial charge in [-0.15, -0.1) is 0 Å². The van der Waals surface area contributed by atoms with E-state index in [2.05, 4.69) is 9.97 Å². The van der Waals surface area contributed by atoms with Crippen LogP contribution >= 0.6 is 0 Å². The average molecular weight is 200 g/mol. The summed E-state index contributed by atoms with van der Waals surface area (Å²) in [6, 6.07) is 6.80. The van der Waals surface area contributed by atoms with Crippen molar-refractivity contribution >= 4 is 21.8 Å². The van der Waals surface area contributed by atoms with E-state index in [1.165, 1.54) is 0 Å². The number of phenols is 1. The molecule has 0 aliphatic rings. The summed E-state index contributed by atoms with van der Waals surface area (Å²) in [6.07, 6.45) is 1.60. The van der Waals surface area contributed by atoms with Crippen molar-refractivity contribution in [3.05, 3.63) is 40.8 Å². The van der Waals surface area contributed by atoms with Crippen LogP contribution in [-0.2, 0) is 0 Å². The number of phenolic OH excluding ortho intramolecular Hbond substituents is 1. The zero-order valence-corrected chi connectivity index (χ0v) is 7.74. The first-order chi connectivity index (χ1) is 7.25. The van der Waals surface area contributed by atoms with Crippen LogP contribution in [0.2, 0.25) is 0 Å². The Morgan fingerprint density at radius 3 is 2.87 bits per heavy atom. The molecule has 4 nitrogen and oxygen atoms in total. The summed E-state index contributed by atoms with van der Waals surface area (Å²) in [5.74, 6) is 0.198. The maximum atomic E-state index is 11.5. The highest BCUT2D eigenvalue weighted by atomic mass is 16.3. The molecule has 4 heteroatoms. The number of rotatable bonds is 0. The summed E-state index contributed by atoms with van der Waals surface area (Å²) >= 11 is 0. The minimum Gasteiger partial charge on any atom is -0.508 e. The van der Waals surface area contributed by atoms with Crippen LogP contribution in [0.3, 0.4) is 0 Å². The van der Waals surface area contributed by atoms with Gasteiger partial charge in [0.2, 0.25) is 0 Å². The van der Waals surface area contributed by atoms with E-state index in [1.807, 2.05) is 6.07 Å². The Kier molecular flexibility index (Phi) is 1.42. The molecular formula is C11H8N2O2. The molecule has 0 bridgehead atoms. The zero-order chi connectivity index (χ0) is 10.4. The summed E-state index contributed by atoms with van der Waals surface area (Å²) in [5.41, 5.74) is 1.24. The maximum absolute atomic E-state index is 11.5. The fourth-order valence-corrected chi connectivity index (χ4v) is 1.83. The summed E-state index contributed by atoms with van der Waals surface area (Å²) in [4.78, 5) is 17.1. The van der Waals surface area contributed by atoms with E-state index >= 15 is 0 Å². The third kappa shape index (κ3) is 1.05. The van der Waals surface area contributed by atoms with Crippen LogP contribution in [0.25, 0.3) is 21.8 Å². The average Bonchev–Trinajstić information content (AvgIpc) is 2.58. The quantitative estimate of drug-likeness (QED) is 0.517. The molecule has 3 rings (SSSR count). The van der Waals surface area contributed by atoms with E-state index in [0.29, 0.717) is 5.52 Å². The van der Waals surface area contributed by atoms with Gasteiger partial charge in [-0.05, 0) is 24.3 Å². The molecule has 74 valence electrons. The second-order valence-electron chi connectivity index (χ2n) is 3.45. The molecule has 2 aromatic heterocycles. The predicted octanol–water partition coefficient (Wildman–Crippen LogP) is 1.71.